The number of hydrogen-bond acceptors (Lipinski definition) is 2. The average molecular weight is 269 g/mol. The Labute approximate surface area is 109 Å². The Balaban J connectivity index is 2.24. The monoisotopic (exact) mass is 268 g/mol. The molecule has 0 aliphatic carbocycles. The van der Waals surface area contributed by atoms with E-state index >= 15 is 0 Å². The van der Waals surface area contributed by atoms with Gasteiger partial charge in [-0.2, -0.15) is 0 Å². The van der Waals surface area contributed by atoms with E-state index in [1.54, 1.807) is 19.2 Å². The van der Waals surface area contributed by atoms with Crippen LogP contribution in [0.5, 0.6) is 5.75 Å². The third kappa shape index (κ3) is 3.14. The Bertz CT molecular complexity index is 531. The Kier molecular flexibility index (Phi) is 3.92. The van der Waals surface area contributed by atoms with Crippen molar-refractivity contribution < 1.29 is 9.13 Å². The molecular formula is C13H10ClFOS. The van der Waals surface area contributed by atoms with Crippen LogP contribution in [0.2, 0.25) is 5.02 Å². The van der Waals surface area contributed by atoms with E-state index in [0.29, 0.717) is 10.8 Å². The molecule has 2 aromatic carbocycles. The van der Waals surface area contributed by atoms with Crippen LogP contribution in [0.1, 0.15) is 0 Å². The third-order valence-corrected chi connectivity index (χ3v) is 3.65. The van der Waals surface area contributed by atoms with Crippen LogP contribution in [0.25, 0.3) is 0 Å². The zero-order valence-electron chi connectivity index (χ0n) is 9.11. The van der Waals surface area contributed by atoms with Gasteiger partial charge in [0.05, 0.1) is 12.1 Å². The highest BCUT2D eigenvalue weighted by atomic mass is 35.5. The van der Waals surface area contributed by atoms with E-state index in [1.807, 2.05) is 18.2 Å². The topological polar surface area (TPSA) is 9.23 Å². The fraction of sp³-hybridized carbons (Fsp3) is 0.0769. The van der Waals surface area contributed by atoms with Gasteiger partial charge in [0.15, 0.2) is 0 Å². The molecule has 0 saturated heterocycles. The minimum Gasteiger partial charge on any atom is -0.497 e. The van der Waals surface area contributed by atoms with Crippen LogP contribution < -0.4 is 4.74 Å². The van der Waals surface area contributed by atoms with Crippen LogP contribution in [0.15, 0.2) is 52.3 Å². The second-order valence-electron chi connectivity index (χ2n) is 3.36. The lowest BCUT2D eigenvalue weighted by molar-refractivity contribution is 0.414. The summed E-state index contributed by atoms with van der Waals surface area (Å²) < 4.78 is 18.1. The molecule has 88 valence electrons. The molecule has 0 atom stereocenters. The maximum atomic E-state index is 13.0. The first-order valence-corrected chi connectivity index (χ1v) is 6.15. The number of hydrogen-bond donors (Lipinski definition) is 0. The van der Waals surface area contributed by atoms with Gasteiger partial charge in [0.2, 0.25) is 0 Å². The molecule has 0 fully saturated rings. The molecule has 0 spiro atoms. The molecule has 0 N–H and O–H groups in total. The highest BCUT2D eigenvalue weighted by Gasteiger charge is 2.05. The molecule has 17 heavy (non-hydrogen) atoms. The largest absolute Gasteiger partial charge is 0.497 e. The lowest BCUT2D eigenvalue weighted by Gasteiger charge is -2.06. The molecule has 2 rings (SSSR count). The molecule has 0 aliphatic heterocycles. The standard InChI is InChI=1S/C13H10ClFOS/c1-16-10-5-6-13(12(14)8-10)17-11-4-2-3-9(15)7-11/h2-8H,1H3. The van der Waals surface area contributed by atoms with E-state index in [1.165, 1.54) is 23.9 Å². The van der Waals surface area contributed by atoms with Crippen molar-refractivity contribution in [2.75, 3.05) is 7.11 Å². The smallest absolute Gasteiger partial charge is 0.124 e. The molecule has 0 bridgehead atoms. The third-order valence-electron chi connectivity index (χ3n) is 2.16. The van der Waals surface area contributed by atoms with Gasteiger partial charge < -0.3 is 4.74 Å². The first kappa shape index (κ1) is 12.3. The van der Waals surface area contributed by atoms with Crippen molar-refractivity contribution >= 4 is 23.4 Å². The minimum absolute atomic E-state index is 0.250. The quantitative estimate of drug-likeness (QED) is 0.802. The van der Waals surface area contributed by atoms with Gasteiger partial charge >= 0.3 is 0 Å². The van der Waals surface area contributed by atoms with Crippen LogP contribution >= 0.6 is 23.4 Å². The molecular weight excluding hydrogens is 259 g/mol. The van der Waals surface area contributed by atoms with Gasteiger partial charge in [-0.25, -0.2) is 4.39 Å². The molecule has 0 radical (unpaired) electrons. The molecule has 2 aromatic rings. The van der Waals surface area contributed by atoms with Crippen molar-refractivity contribution in [3.05, 3.63) is 53.3 Å². The Hall–Kier alpha value is -1.19. The van der Waals surface area contributed by atoms with Crippen LogP contribution in [0.3, 0.4) is 0 Å². The zero-order chi connectivity index (χ0) is 12.3. The number of benzene rings is 2. The molecule has 4 heteroatoms. The van der Waals surface area contributed by atoms with Gasteiger partial charge in [-0.15, -0.1) is 0 Å². The predicted octanol–water partition coefficient (Wildman–Crippen LogP) is 4.64. The van der Waals surface area contributed by atoms with Crippen molar-refractivity contribution in [3.63, 3.8) is 0 Å². The average Bonchev–Trinajstić information content (AvgIpc) is 2.32. The van der Waals surface area contributed by atoms with E-state index in [-0.39, 0.29) is 5.82 Å². The van der Waals surface area contributed by atoms with E-state index in [0.717, 1.165) is 9.79 Å². The molecule has 0 amide bonds. The Morgan fingerprint density at radius 1 is 1.18 bits per heavy atom. The second-order valence-corrected chi connectivity index (χ2v) is 4.88. The van der Waals surface area contributed by atoms with Gasteiger partial charge in [0.1, 0.15) is 11.6 Å². The lowest BCUT2D eigenvalue weighted by atomic mass is 10.3. The summed E-state index contributed by atoms with van der Waals surface area (Å²) >= 11 is 7.52. The first-order chi connectivity index (χ1) is 8.19. The maximum absolute atomic E-state index is 13.0. The molecule has 0 aliphatic rings. The predicted molar refractivity (Wildman–Crippen MR) is 68.5 cm³/mol. The fourth-order valence-electron chi connectivity index (χ4n) is 1.35. The first-order valence-electron chi connectivity index (χ1n) is 4.96. The van der Waals surface area contributed by atoms with Gasteiger partial charge in [0, 0.05) is 9.79 Å². The number of halogens is 2. The van der Waals surface area contributed by atoms with Gasteiger partial charge in [-0.3, -0.25) is 0 Å². The van der Waals surface area contributed by atoms with E-state index < -0.39 is 0 Å². The zero-order valence-corrected chi connectivity index (χ0v) is 10.7. The molecule has 0 unspecified atom stereocenters. The normalized spacial score (nSPS) is 10.3. The van der Waals surface area contributed by atoms with Crippen LogP contribution in [-0.2, 0) is 0 Å². The van der Waals surface area contributed by atoms with Crippen LogP contribution in [-0.4, -0.2) is 7.11 Å². The molecule has 0 heterocycles. The number of ether oxygens (including phenoxy) is 1. The lowest BCUT2D eigenvalue weighted by Crippen LogP contribution is -1.83. The molecule has 0 saturated carbocycles. The molecule has 0 aromatic heterocycles. The number of methoxy groups -OCH3 is 1. The van der Waals surface area contributed by atoms with Crippen LogP contribution in [0.4, 0.5) is 4.39 Å². The summed E-state index contributed by atoms with van der Waals surface area (Å²) in [6.45, 7) is 0. The van der Waals surface area contributed by atoms with Gasteiger partial charge in [0.25, 0.3) is 0 Å². The van der Waals surface area contributed by atoms with Crippen molar-refractivity contribution in [2.45, 2.75) is 9.79 Å². The highest BCUT2D eigenvalue weighted by Crippen LogP contribution is 2.35. The maximum Gasteiger partial charge on any atom is 0.124 e. The molecule has 1 nitrogen and oxygen atoms in total. The summed E-state index contributed by atoms with van der Waals surface area (Å²) in [6.07, 6.45) is 0. The summed E-state index contributed by atoms with van der Waals surface area (Å²) in [5, 5.41) is 0.596. The SMILES string of the molecule is COc1ccc(Sc2cccc(F)c2)c(Cl)c1. The van der Waals surface area contributed by atoms with Crippen LogP contribution in [0, 0.1) is 5.82 Å². The van der Waals surface area contributed by atoms with Crippen molar-refractivity contribution in [2.24, 2.45) is 0 Å². The van der Waals surface area contributed by atoms with E-state index in [9.17, 15) is 4.39 Å². The fourth-order valence-corrected chi connectivity index (χ4v) is 2.50. The van der Waals surface area contributed by atoms with Crippen molar-refractivity contribution in [3.8, 4) is 5.75 Å². The highest BCUT2D eigenvalue weighted by molar-refractivity contribution is 7.99. The second kappa shape index (κ2) is 5.43. The summed E-state index contributed by atoms with van der Waals surface area (Å²) in [4.78, 5) is 1.69. The number of rotatable bonds is 3. The Morgan fingerprint density at radius 3 is 2.65 bits per heavy atom. The van der Waals surface area contributed by atoms with Gasteiger partial charge in [-0.1, -0.05) is 29.4 Å². The van der Waals surface area contributed by atoms with Crippen molar-refractivity contribution in [1.29, 1.82) is 0 Å². The van der Waals surface area contributed by atoms with E-state index in [4.69, 9.17) is 16.3 Å². The minimum atomic E-state index is -0.250. The van der Waals surface area contributed by atoms with Crippen molar-refractivity contribution in [1.82, 2.24) is 0 Å². The summed E-state index contributed by atoms with van der Waals surface area (Å²) in [7, 11) is 1.59. The van der Waals surface area contributed by atoms with Gasteiger partial charge in [-0.05, 0) is 36.4 Å². The summed E-state index contributed by atoms with van der Waals surface area (Å²) in [5.74, 6) is 0.457. The summed E-state index contributed by atoms with van der Waals surface area (Å²) in [5.41, 5.74) is 0. The summed E-state index contributed by atoms with van der Waals surface area (Å²) in [6, 6.07) is 11.8. The van der Waals surface area contributed by atoms with E-state index in [2.05, 4.69) is 0 Å². The Morgan fingerprint density at radius 2 is 2.00 bits per heavy atom.